The second-order valence-electron chi connectivity index (χ2n) is 4.80. The highest BCUT2D eigenvalue weighted by Gasteiger charge is 2.31. The van der Waals surface area contributed by atoms with Crippen LogP contribution in [-0.4, -0.2) is 47.2 Å². The summed E-state index contributed by atoms with van der Waals surface area (Å²) in [7, 11) is -0.966. The molecule has 18 heavy (non-hydrogen) atoms. The third-order valence-corrected chi connectivity index (χ3v) is 4.98. The van der Waals surface area contributed by atoms with E-state index in [0.29, 0.717) is 12.3 Å². The molecule has 0 spiro atoms. The van der Waals surface area contributed by atoms with Crippen LogP contribution in [0.15, 0.2) is 25.0 Å². The molecule has 5 nitrogen and oxygen atoms in total. The van der Waals surface area contributed by atoms with Gasteiger partial charge in [-0.15, -0.1) is 6.58 Å². The Morgan fingerprint density at radius 3 is 2.94 bits per heavy atom. The molecule has 100 valence electrons. The van der Waals surface area contributed by atoms with Crippen molar-refractivity contribution in [1.29, 1.82) is 0 Å². The first-order chi connectivity index (χ1) is 8.50. The Kier molecular flexibility index (Phi) is 3.87. The lowest BCUT2D eigenvalue weighted by Gasteiger charge is -2.26. The highest BCUT2D eigenvalue weighted by atomic mass is 32.2. The molecule has 0 aromatic carbocycles. The maximum Gasteiger partial charge on any atom is 0.151 e. The van der Waals surface area contributed by atoms with Crippen LogP contribution in [0.4, 0.5) is 0 Å². The fraction of sp³-hybridized carbons (Fsp3) is 0.583. The molecule has 0 radical (unpaired) electrons. The lowest BCUT2D eigenvalue weighted by Crippen LogP contribution is -2.35. The molecule has 2 rings (SSSR count). The molecule has 1 fully saturated rings. The van der Waals surface area contributed by atoms with Crippen LogP contribution in [0.2, 0.25) is 0 Å². The SMILES string of the molecule is C=CCN(Cc1cnn(C)c1)[C@H]1CCS(=O)(=O)C1. The number of rotatable bonds is 5. The van der Waals surface area contributed by atoms with Crippen LogP contribution in [0.1, 0.15) is 12.0 Å². The molecule has 0 aliphatic carbocycles. The summed E-state index contributed by atoms with van der Waals surface area (Å²) in [5, 5.41) is 4.13. The maximum absolute atomic E-state index is 11.5. The van der Waals surface area contributed by atoms with Gasteiger partial charge in [0, 0.05) is 37.9 Å². The number of aryl methyl sites for hydroxylation is 1. The van der Waals surface area contributed by atoms with Crippen molar-refractivity contribution >= 4 is 9.84 Å². The van der Waals surface area contributed by atoms with Gasteiger partial charge in [-0.25, -0.2) is 8.42 Å². The molecular weight excluding hydrogens is 250 g/mol. The van der Waals surface area contributed by atoms with Crippen molar-refractivity contribution in [1.82, 2.24) is 14.7 Å². The Balaban J connectivity index is 2.06. The molecule has 0 bridgehead atoms. The third-order valence-electron chi connectivity index (χ3n) is 3.23. The van der Waals surface area contributed by atoms with E-state index in [1.807, 2.05) is 25.5 Å². The van der Waals surface area contributed by atoms with Gasteiger partial charge in [0.1, 0.15) is 0 Å². The summed E-state index contributed by atoms with van der Waals surface area (Å²) >= 11 is 0. The molecule has 1 atom stereocenters. The fourth-order valence-corrected chi connectivity index (χ4v) is 4.12. The molecular formula is C12H19N3O2S. The molecule has 1 aromatic rings. The van der Waals surface area contributed by atoms with Crippen molar-refractivity contribution in [2.45, 2.75) is 19.0 Å². The van der Waals surface area contributed by atoms with E-state index < -0.39 is 9.84 Å². The zero-order chi connectivity index (χ0) is 13.2. The van der Waals surface area contributed by atoms with Gasteiger partial charge in [0.15, 0.2) is 9.84 Å². The number of sulfone groups is 1. The Labute approximate surface area is 108 Å². The Bertz CT molecular complexity index is 521. The second kappa shape index (κ2) is 5.24. The summed E-state index contributed by atoms with van der Waals surface area (Å²) in [6, 6.07) is 0.105. The van der Waals surface area contributed by atoms with Gasteiger partial charge in [-0.3, -0.25) is 9.58 Å². The quantitative estimate of drug-likeness (QED) is 0.734. The van der Waals surface area contributed by atoms with E-state index >= 15 is 0 Å². The molecule has 6 heteroatoms. The van der Waals surface area contributed by atoms with Gasteiger partial charge in [0.25, 0.3) is 0 Å². The lowest BCUT2D eigenvalue weighted by molar-refractivity contribution is 0.227. The average Bonchev–Trinajstić information content (AvgIpc) is 2.84. The number of aromatic nitrogens is 2. The molecule has 2 heterocycles. The van der Waals surface area contributed by atoms with Crippen molar-refractivity contribution in [2.75, 3.05) is 18.1 Å². The highest BCUT2D eigenvalue weighted by molar-refractivity contribution is 7.91. The van der Waals surface area contributed by atoms with Crippen LogP contribution in [0.25, 0.3) is 0 Å². The van der Waals surface area contributed by atoms with Gasteiger partial charge < -0.3 is 0 Å². The second-order valence-corrected chi connectivity index (χ2v) is 7.03. The van der Waals surface area contributed by atoms with E-state index in [4.69, 9.17) is 0 Å². The first-order valence-corrected chi connectivity index (χ1v) is 7.85. The maximum atomic E-state index is 11.5. The smallest absolute Gasteiger partial charge is 0.151 e. The first-order valence-electron chi connectivity index (χ1n) is 6.03. The topological polar surface area (TPSA) is 55.2 Å². The molecule has 0 unspecified atom stereocenters. The summed E-state index contributed by atoms with van der Waals surface area (Å²) in [6.45, 7) is 5.17. The first kappa shape index (κ1) is 13.3. The Morgan fingerprint density at radius 2 is 2.44 bits per heavy atom. The van der Waals surface area contributed by atoms with E-state index in [-0.39, 0.29) is 11.8 Å². The fourth-order valence-electron chi connectivity index (χ4n) is 2.36. The molecule has 1 aliphatic heterocycles. The van der Waals surface area contributed by atoms with Gasteiger partial charge in [0.2, 0.25) is 0 Å². The predicted octanol–water partition coefficient (Wildman–Crippen LogP) is 0.595. The van der Waals surface area contributed by atoms with Gasteiger partial charge >= 0.3 is 0 Å². The predicted molar refractivity (Wildman–Crippen MR) is 70.9 cm³/mol. The van der Waals surface area contributed by atoms with Crippen LogP contribution in [0.3, 0.4) is 0 Å². The van der Waals surface area contributed by atoms with Crippen LogP contribution in [0.5, 0.6) is 0 Å². The molecule has 0 N–H and O–H groups in total. The largest absolute Gasteiger partial charge is 0.291 e. The zero-order valence-electron chi connectivity index (χ0n) is 10.6. The summed E-state index contributed by atoms with van der Waals surface area (Å²) in [5.41, 5.74) is 1.10. The van der Waals surface area contributed by atoms with Crippen molar-refractivity contribution in [2.24, 2.45) is 7.05 Å². The van der Waals surface area contributed by atoms with Crippen molar-refractivity contribution in [3.05, 3.63) is 30.6 Å². The van der Waals surface area contributed by atoms with Gasteiger partial charge in [-0.1, -0.05) is 6.08 Å². The van der Waals surface area contributed by atoms with Gasteiger partial charge in [-0.2, -0.15) is 5.10 Å². The van der Waals surface area contributed by atoms with Gasteiger partial charge in [-0.05, 0) is 6.42 Å². The minimum Gasteiger partial charge on any atom is -0.291 e. The normalized spacial score (nSPS) is 22.4. The van der Waals surface area contributed by atoms with E-state index in [1.54, 1.807) is 4.68 Å². The third kappa shape index (κ3) is 3.20. The minimum atomic E-state index is -2.84. The number of hydrogen-bond acceptors (Lipinski definition) is 4. The van der Waals surface area contributed by atoms with E-state index in [2.05, 4.69) is 16.6 Å². The summed E-state index contributed by atoms with van der Waals surface area (Å²) in [6.07, 6.45) is 6.32. The lowest BCUT2D eigenvalue weighted by atomic mass is 10.2. The Hall–Kier alpha value is -1.14. The molecule has 0 saturated carbocycles. The average molecular weight is 269 g/mol. The van der Waals surface area contributed by atoms with Gasteiger partial charge in [0.05, 0.1) is 17.7 Å². The molecule has 1 aliphatic rings. The van der Waals surface area contributed by atoms with Crippen LogP contribution >= 0.6 is 0 Å². The van der Waals surface area contributed by atoms with Crippen LogP contribution < -0.4 is 0 Å². The van der Waals surface area contributed by atoms with Crippen molar-refractivity contribution < 1.29 is 8.42 Å². The van der Waals surface area contributed by atoms with Crippen LogP contribution in [0, 0.1) is 0 Å². The summed E-state index contributed by atoms with van der Waals surface area (Å²) in [5.74, 6) is 0.569. The van der Waals surface area contributed by atoms with E-state index in [9.17, 15) is 8.42 Å². The van der Waals surface area contributed by atoms with E-state index in [1.165, 1.54) is 0 Å². The van der Waals surface area contributed by atoms with Crippen molar-refractivity contribution in [3.63, 3.8) is 0 Å². The summed E-state index contributed by atoms with van der Waals surface area (Å²) < 4.78 is 24.8. The molecule has 0 amide bonds. The molecule has 1 aromatic heterocycles. The van der Waals surface area contributed by atoms with E-state index in [0.717, 1.165) is 18.5 Å². The highest BCUT2D eigenvalue weighted by Crippen LogP contribution is 2.19. The Morgan fingerprint density at radius 1 is 1.67 bits per heavy atom. The summed E-state index contributed by atoms with van der Waals surface area (Å²) in [4.78, 5) is 2.16. The standard InChI is InChI=1S/C12H19N3O2S/c1-3-5-15(9-11-7-13-14(2)8-11)12-4-6-18(16,17)10-12/h3,7-8,12H,1,4-6,9-10H2,2H3/t12-/m0/s1. The number of hydrogen-bond donors (Lipinski definition) is 0. The van der Waals surface area contributed by atoms with Crippen molar-refractivity contribution in [3.8, 4) is 0 Å². The monoisotopic (exact) mass is 269 g/mol. The molecule has 1 saturated heterocycles. The zero-order valence-corrected chi connectivity index (χ0v) is 11.4. The number of nitrogens with zero attached hydrogens (tertiary/aromatic N) is 3. The minimum absolute atomic E-state index is 0.105. The van der Waals surface area contributed by atoms with Crippen LogP contribution in [-0.2, 0) is 23.4 Å².